The van der Waals surface area contributed by atoms with Crippen LogP contribution in [0.5, 0.6) is 0 Å². The number of hydrogen-bond acceptors (Lipinski definition) is 5. The van der Waals surface area contributed by atoms with Crippen molar-refractivity contribution in [2.75, 3.05) is 6.54 Å². The number of amides is 1. The second-order valence-electron chi connectivity index (χ2n) is 5.23. The molecule has 0 unspecified atom stereocenters. The number of sulfonamides is 1. The minimum absolute atomic E-state index is 0.0226. The minimum Gasteiger partial charge on any atom is -0.477 e. The topological polar surface area (TPSA) is 113 Å². The number of hydrogen-bond donors (Lipinski definition) is 3. The Hall–Kier alpha value is -2.23. The average Bonchev–Trinajstić information content (AvgIpc) is 3.02. The molecule has 0 spiro atoms. The summed E-state index contributed by atoms with van der Waals surface area (Å²) in [4.78, 5) is 24.2. The zero-order chi connectivity index (χ0) is 18.6. The van der Waals surface area contributed by atoms with Crippen LogP contribution in [-0.2, 0) is 16.6 Å². The first kappa shape index (κ1) is 19.1. The quantitative estimate of drug-likeness (QED) is 0.678. The predicted molar refractivity (Wildman–Crippen MR) is 94.5 cm³/mol. The monoisotopic (exact) mass is 382 g/mol. The molecule has 3 N–H and O–H groups in total. The van der Waals surface area contributed by atoms with Gasteiger partial charge in [0.15, 0.2) is 0 Å². The van der Waals surface area contributed by atoms with E-state index < -0.39 is 21.9 Å². The standard InChI is InChI=1S/C16H18N2O5S2/c1-3-18-25(22,23)12-6-4-10(2)13(8-12)15(19)17-9-11-5-7-14(24-11)16(20)21/h4-8,18H,3,9H2,1-2H3,(H,17,19)(H,20,21). The van der Waals surface area contributed by atoms with Crippen LogP contribution in [0.4, 0.5) is 0 Å². The Bertz CT molecular complexity index is 903. The van der Waals surface area contributed by atoms with E-state index in [0.717, 1.165) is 11.3 Å². The van der Waals surface area contributed by atoms with Crippen LogP contribution in [0, 0.1) is 6.92 Å². The van der Waals surface area contributed by atoms with Crippen LogP contribution in [0.1, 0.15) is 37.4 Å². The molecule has 0 aliphatic heterocycles. The molecule has 1 aromatic carbocycles. The molecule has 0 fully saturated rings. The fourth-order valence-corrected chi connectivity index (χ4v) is 3.99. The van der Waals surface area contributed by atoms with Gasteiger partial charge in [0, 0.05) is 17.0 Å². The number of rotatable bonds is 7. The van der Waals surface area contributed by atoms with Gasteiger partial charge in [-0.3, -0.25) is 4.79 Å². The number of carbonyl (C=O) groups excluding carboxylic acids is 1. The second-order valence-corrected chi connectivity index (χ2v) is 8.17. The summed E-state index contributed by atoms with van der Waals surface area (Å²) in [6.45, 7) is 3.81. The molecule has 25 heavy (non-hydrogen) atoms. The van der Waals surface area contributed by atoms with Gasteiger partial charge in [0.05, 0.1) is 11.4 Å². The first-order chi connectivity index (χ1) is 11.7. The summed E-state index contributed by atoms with van der Waals surface area (Å²) >= 11 is 1.08. The predicted octanol–water partition coefficient (Wildman–Crippen LogP) is 1.98. The highest BCUT2D eigenvalue weighted by molar-refractivity contribution is 7.89. The third-order valence-electron chi connectivity index (χ3n) is 3.39. The normalized spacial score (nSPS) is 11.3. The van der Waals surface area contributed by atoms with E-state index in [4.69, 9.17) is 5.11 Å². The fraction of sp³-hybridized carbons (Fsp3) is 0.250. The minimum atomic E-state index is -3.65. The van der Waals surface area contributed by atoms with Crippen molar-refractivity contribution < 1.29 is 23.1 Å². The molecule has 0 radical (unpaired) electrons. The SMILES string of the molecule is CCNS(=O)(=O)c1ccc(C)c(C(=O)NCc2ccc(C(=O)O)s2)c1. The van der Waals surface area contributed by atoms with Gasteiger partial charge in [0.2, 0.25) is 10.0 Å². The van der Waals surface area contributed by atoms with Gasteiger partial charge in [-0.25, -0.2) is 17.9 Å². The maximum Gasteiger partial charge on any atom is 0.345 e. The molecule has 0 saturated heterocycles. The molecular weight excluding hydrogens is 364 g/mol. The number of carbonyl (C=O) groups is 2. The molecule has 0 atom stereocenters. The van der Waals surface area contributed by atoms with Gasteiger partial charge in [-0.2, -0.15) is 0 Å². The molecule has 1 heterocycles. The van der Waals surface area contributed by atoms with E-state index in [2.05, 4.69) is 10.0 Å². The van der Waals surface area contributed by atoms with E-state index in [9.17, 15) is 18.0 Å². The zero-order valence-electron chi connectivity index (χ0n) is 13.7. The first-order valence-corrected chi connectivity index (χ1v) is 9.75. The molecular formula is C16H18N2O5S2. The van der Waals surface area contributed by atoms with Crippen LogP contribution in [0.25, 0.3) is 0 Å². The highest BCUT2D eigenvalue weighted by Crippen LogP contribution is 2.18. The van der Waals surface area contributed by atoms with E-state index in [1.807, 2.05) is 0 Å². The van der Waals surface area contributed by atoms with E-state index in [0.29, 0.717) is 10.4 Å². The lowest BCUT2D eigenvalue weighted by atomic mass is 10.1. The van der Waals surface area contributed by atoms with Gasteiger partial charge in [-0.15, -0.1) is 11.3 Å². The van der Waals surface area contributed by atoms with Gasteiger partial charge in [-0.05, 0) is 36.8 Å². The molecule has 2 rings (SSSR count). The van der Waals surface area contributed by atoms with Crippen molar-refractivity contribution in [3.05, 3.63) is 51.2 Å². The number of aromatic carboxylic acids is 1. The highest BCUT2D eigenvalue weighted by Gasteiger charge is 2.17. The highest BCUT2D eigenvalue weighted by atomic mass is 32.2. The smallest absolute Gasteiger partial charge is 0.345 e. The van der Waals surface area contributed by atoms with Crippen LogP contribution >= 0.6 is 11.3 Å². The van der Waals surface area contributed by atoms with Gasteiger partial charge in [-0.1, -0.05) is 13.0 Å². The average molecular weight is 382 g/mol. The van der Waals surface area contributed by atoms with Crippen LogP contribution in [0.15, 0.2) is 35.2 Å². The summed E-state index contributed by atoms with van der Waals surface area (Å²) in [6, 6.07) is 7.46. The molecule has 9 heteroatoms. The number of carboxylic acid groups (broad SMARTS) is 1. The summed E-state index contributed by atoms with van der Waals surface area (Å²) in [7, 11) is -3.65. The summed E-state index contributed by atoms with van der Waals surface area (Å²) in [5, 5.41) is 11.6. The molecule has 1 aromatic heterocycles. The molecule has 0 aliphatic rings. The lowest BCUT2D eigenvalue weighted by Gasteiger charge is -2.10. The molecule has 1 amide bonds. The molecule has 0 aliphatic carbocycles. The number of benzene rings is 1. The van der Waals surface area contributed by atoms with Crippen molar-refractivity contribution in [1.82, 2.24) is 10.0 Å². The van der Waals surface area contributed by atoms with Gasteiger partial charge < -0.3 is 10.4 Å². The van der Waals surface area contributed by atoms with Crippen molar-refractivity contribution in [3.8, 4) is 0 Å². The number of carboxylic acids is 1. The molecule has 2 aromatic rings. The summed E-state index contributed by atoms with van der Waals surface area (Å²) in [5.41, 5.74) is 0.902. The van der Waals surface area contributed by atoms with Crippen LogP contribution < -0.4 is 10.0 Å². The largest absolute Gasteiger partial charge is 0.477 e. The van der Waals surface area contributed by atoms with Crippen LogP contribution in [-0.4, -0.2) is 31.9 Å². The van der Waals surface area contributed by atoms with Crippen molar-refractivity contribution >= 4 is 33.2 Å². The van der Waals surface area contributed by atoms with Gasteiger partial charge >= 0.3 is 5.97 Å². The molecule has 0 saturated carbocycles. The summed E-state index contributed by atoms with van der Waals surface area (Å²) in [5.74, 6) is -1.43. The number of nitrogens with one attached hydrogen (secondary N) is 2. The van der Waals surface area contributed by atoms with Crippen LogP contribution in [0.3, 0.4) is 0 Å². The lowest BCUT2D eigenvalue weighted by molar-refractivity contribution is 0.0702. The Balaban J connectivity index is 2.16. The van der Waals surface area contributed by atoms with Gasteiger partial charge in [0.1, 0.15) is 4.88 Å². The van der Waals surface area contributed by atoms with Crippen molar-refractivity contribution in [1.29, 1.82) is 0 Å². The molecule has 134 valence electrons. The van der Waals surface area contributed by atoms with E-state index in [-0.39, 0.29) is 28.4 Å². The second kappa shape index (κ2) is 7.77. The third kappa shape index (κ3) is 4.65. The zero-order valence-corrected chi connectivity index (χ0v) is 15.3. The maximum atomic E-state index is 12.4. The van der Waals surface area contributed by atoms with Crippen molar-refractivity contribution in [2.24, 2.45) is 0 Å². The Morgan fingerprint density at radius 2 is 1.92 bits per heavy atom. The fourth-order valence-electron chi connectivity index (χ4n) is 2.14. The maximum absolute atomic E-state index is 12.4. The van der Waals surface area contributed by atoms with Gasteiger partial charge in [0.25, 0.3) is 5.91 Å². The Kier molecular flexibility index (Phi) is 5.93. The summed E-state index contributed by atoms with van der Waals surface area (Å²) < 4.78 is 26.5. The Labute approximate surface area is 149 Å². The lowest BCUT2D eigenvalue weighted by Crippen LogP contribution is -2.26. The van der Waals surface area contributed by atoms with E-state index >= 15 is 0 Å². The van der Waals surface area contributed by atoms with Crippen LogP contribution in [0.2, 0.25) is 0 Å². The molecule has 0 bridgehead atoms. The number of aryl methyl sites for hydroxylation is 1. The molecule has 7 nitrogen and oxygen atoms in total. The van der Waals surface area contributed by atoms with E-state index in [1.54, 1.807) is 26.0 Å². The van der Waals surface area contributed by atoms with Crippen molar-refractivity contribution in [2.45, 2.75) is 25.3 Å². The Morgan fingerprint density at radius 1 is 1.20 bits per heavy atom. The number of thiophene rings is 1. The Morgan fingerprint density at radius 3 is 2.52 bits per heavy atom. The third-order valence-corrected chi connectivity index (χ3v) is 6.01. The first-order valence-electron chi connectivity index (χ1n) is 7.45. The summed E-state index contributed by atoms with van der Waals surface area (Å²) in [6.07, 6.45) is 0. The van der Waals surface area contributed by atoms with E-state index in [1.165, 1.54) is 18.2 Å². The van der Waals surface area contributed by atoms with Crippen molar-refractivity contribution in [3.63, 3.8) is 0 Å².